The van der Waals surface area contributed by atoms with Gasteiger partial charge in [0.15, 0.2) is 0 Å². The molecule has 2 aromatic rings. The maximum absolute atomic E-state index is 13.8. The summed E-state index contributed by atoms with van der Waals surface area (Å²) in [5.41, 5.74) is 0.914. The van der Waals surface area contributed by atoms with E-state index in [0.717, 1.165) is 11.1 Å². The molecule has 0 radical (unpaired) electrons. The lowest BCUT2D eigenvalue weighted by atomic mass is 10.0. The molecule has 0 spiro atoms. The standard InChI is InChI=1S/C12H12F2N2OS/c1-7-15-16-12(18-7)5-10-8(6-17-2)3-9(13)4-11(10)14/h3-4H,5-6H2,1-2H3. The molecule has 0 saturated heterocycles. The monoisotopic (exact) mass is 270 g/mol. The third kappa shape index (κ3) is 2.88. The van der Waals surface area contributed by atoms with Crippen molar-refractivity contribution in [3.8, 4) is 0 Å². The normalized spacial score (nSPS) is 10.9. The largest absolute Gasteiger partial charge is 0.380 e. The Morgan fingerprint density at radius 3 is 2.67 bits per heavy atom. The molecule has 1 heterocycles. The van der Waals surface area contributed by atoms with Crippen molar-refractivity contribution in [2.45, 2.75) is 20.0 Å². The molecule has 96 valence electrons. The minimum atomic E-state index is -0.600. The Balaban J connectivity index is 2.36. The van der Waals surface area contributed by atoms with Gasteiger partial charge in [-0.25, -0.2) is 8.78 Å². The number of aromatic nitrogens is 2. The highest BCUT2D eigenvalue weighted by molar-refractivity contribution is 7.11. The lowest BCUT2D eigenvalue weighted by Gasteiger charge is -2.09. The molecule has 6 heteroatoms. The van der Waals surface area contributed by atoms with Crippen molar-refractivity contribution in [3.05, 3.63) is 44.9 Å². The van der Waals surface area contributed by atoms with E-state index in [0.29, 0.717) is 22.6 Å². The maximum Gasteiger partial charge on any atom is 0.130 e. The molecule has 0 bridgehead atoms. The van der Waals surface area contributed by atoms with Gasteiger partial charge in [0.05, 0.1) is 6.61 Å². The van der Waals surface area contributed by atoms with Crippen LogP contribution in [0.1, 0.15) is 21.1 Å². The van der Waals surface area contributed by atoms with E-state index in [-0.39, 0.29) is 6.61 Å². The Morgan fingerprint density at radius 2 is 2.06 bits per heavy atom. The summed E-state index contributed by atoms with van der Waals surface area (Å²) >= 11 is 1.40. The van der Waals surface area contributed by atoms with Crippen molar-refractivity contribution in [2.24, 2.45) is 0 Å². The van der Waals surface area contributed by atoms with Crippen LogP contribution in [0.4, 0.5) is 8.78 Å². The fourth-order valence-corrected chi connectivity index (χ4v) is 2.42. The molecule has 3 nitrogen and oxygen atoms in total. The number of aryl methyl sites for hydroxylation is 1. The van der Waals surface area contributed by atoms with Crippen LogP contribution in [-0.4, -0.2) is 17.3 Å². The van der Waals surface area contributed by atoms with Gasteiger partial charge in [0.2, 0.25) is 0 Å². The van der Waals surface area contributed by atoms with Gasteiger partial charge in [-0.2, -0.15) is 0 Å². The van der Waals surface area contributed by atoms with E-state index in [2.05, 4.69) is 10.2 Å². The third-order valence-electron chi connectivity index (χ3n) is 2.45. The Kier molecular flexibility index (Phi) is 3.98. The van der Waals surface area contributed by atoms with Crippen LogP contribution in [0.5, 0.6) is 0 Å². The second-order valence-electron chi connectivity index (χ2n) is 3.85. The van der Waals surface area contributed by atoms with Crippen LogP contribution in [0.25, 0.3) is 0 Å². The van der Waals surface area contributed by atoms with E-state index in [1.807, 2.05) is 6.92 Å². The van der Waals surface area contributed by atoms with E-state index < -0.39 is 11.6 Å². The van der Waals surface area contributed by atoms with Gasteiger partial charge in [-0.15, -0.1) is 21.5 Å². The van der Waals surface area contributed by atoms with Gasteiger partial charge in [0.25, 0.3) is 0 Å². The average molecular weight is 270 g/mol. The van der Waals surface area contributed by atoms with Gasteiger partial charge in [-0.1, -0.05) is 0 Å². The first-order valence-corrected chi connectivity index (χ1v) is 6.16. The van der Waals surface area contributed by atoms with E-state index in [9.17, 15) is 8.78 Å². The summed E-state index contributed by atoms with van der Waals surface area (Å²) in [6, 6.07) is 2.16. The summed E-state index contributed by atoms with van der Waals surface area (Å²) in [4.78, 5) is 0. The number of benzene rings is 1. The molecule has 0 unspecified atom stereocenters. The van der Waals surface area contributed by atoms with Crippen LogP contribution in [0.15, 0.2) is 12.1 Å². The smallest absolute Gasteiger partial charge is 0.130 e. The van der Waals surface area contributed by atoms with E-state index in [1.165, 1.54) is 24.5 Å². The van der Waals surface area contributed by atoms with Crippen LogP contribution in [0, 0.1) is 18.6 Å². The lowest BCUT2D eigenvalue weighted by Crippen LogP contribution is -2.02. The molecule has 0 aliphatic heterocycles. The predicted octanol–water partition coefficient (Wildman–Crippen LogP) is 2.86. The SMILES string of the molecule is COCc1cc(F)cc(F)c1Cc1nnc(C)s1. The summed E-state index contributed by atoms with van der Waals surface area (Å²) in [6.07, 6.45) is 0.302. The molecule has 0 N–H and O–H groups in total. The fourth-order valence-electron chi connectivity index (χ4n) is 1.70. The average Bonchev–Trinajstić information content (AvgIpc) is 2.69. The number of ether oxygens (including phenoxy) is 1. The number of nitrogens with zero attached hydrogens (tertiary/aromatic N) is 2. The van der Waals surface area contributed by atoms with Crippen molar-refractivity contribution < 1.29 is 13.5 Å². The van der Waals surface area contributed by atoms with Crippen LogP contribution in [0.2, 0.25) is 0 Å². The second kappa shape index (κ2) is 5.49. The van der Waals surface area contributed by atoms with E-state index >= 15 is 0 Å². The zero-order valence-electron chi connectivity index (χ0n) is 10.0. The summed E-state index contributed by atoms with van der Waals surface area (Å²) in [5, 5.41) is 9.34. The zero-order chi connectivity index (χ0) is 13.1. The highest BCUT2D eigenvalue weighted by Gasteiger charge is 2.14. The molecule has 0 fully saturated rings. The van der Waals surface area contributed by atoms with Crippen LogP contribution < -0.4 is 0 Å². The van der Waals surface area contributed by atoms with Gasteiger partial charge < -0.3 is 4.74 Å². The molecule has 0 aliphatic rings. The molecule has 0 atom stereocenters. The van der Waals surface area contributed by atoms with Gasteiger partial charge in [0, 0.05) is 25.2 Å². The minimum absolute atomic E-state index is 0.168. The summed E-state index contributed by atoms with van der Waals surface area (Å²) in [7, 11) is 1.49. The highest BCUT2D eigenvalue weighted by atomic mass is 32.1. The summed E-state index contributed by atoms with van der Waals surface area (Å²) in [5.74, 6) is -1.17. The molecule has 2 rings (SSSR count). The molecule has 1 aromatic heterocycles. The number of methoxy groups -OCH3 is 1. The predicted molar refractivity (Wildman–Crippen MR) is 64.5 cm³/mol. The first-order valence-electron chi connectivity index (χ1n) is 5.35. The molecule has 1 aromatic carbocycles. The molecular weight excluding hydrogens is 258 g/mol. The van der Waals surface area contributed by atoms with E-state index in [1.54, 1.807) is 0 Å². The van der Waals surface area contributed by atoms with Crippen LogP contribution in [0.3, 0.4) is 0 Å². The summed E-state index contributed by atoms with van der Waals surface area (Å²) in [6.45, 7) is 2.00. The van der Waals surface area contributed by atoms with Crippen molar-refractivity contribution in [3.63, 3.8) is 0 Å². The first kappa shape index (κ1) is 13.0. The van der Waals surface area contributed by atoms with Crippen molar-refractivity contribution in [1.82, 2.24) is 10.2 Å². The Bertz CT molecular complexity index is 557. The fraction of sp³-hybridized carbons (Fsp3) is 0.333. The topological polar surface area (TPSA) is 35.0 Å². The van der Waals surface area contributed by atoms with Crippen molar-refractivity contribution in [1.29, 1.82) is 0 Å². The molecule has 0 amide bonds. The van der Waals surface area contributed by atoms with Gasteiger partial charge in [-0.05, 0) is 18.6 Å². The van der Waals surface area contributed by atoms with Crippen LogP contribution >= 0.6 is 11.3 Å². The Labute approximate surface area is 107 Å². The van der Waals surface area contributed by atoms with Crippen molar-refractivity contribution >= 4 is 11.3 Å². The molecule has 0 saturated carbocycles. The third-order valence-corrected chi connectivity index (χ3v) is 3.29. The summed E-state index contributed by atoms with van der Waals surface area (Å²) < 4.78 is 31.9. The van der Waals surface area contributed by atoms with Gasteiger partial charge in [-0.3, -0.25) is 0 Å². The molecule has 18 heavy (non-hydrogen) atoms. The number of rotatable bonds is 4. The second-order valence-corrected chi connectivity index (χ2v) is 5.12. The van der Waals surface area contributed by atoms with Crippen molar-refractivity contribution in [2.75, 3.05) is 7.11 Å². The Morgan fingerprint density at radius 1 is 1.28 bits per heavy atom. The first-order chi connectivity index (χ1) is 8.60. The molecular formula is C12H12F2N2OS. The van der Waals surface area contributed by atoms with E-state index in [4.69, 9.17) is 4.74 Å². The Hall–Kier alpha value is -1.40. The number of hydrogen-bond donors (Lipinski definition) is 0. The number of hydrogen-bond acceptors (Lipinski definition) is 4. The number of halogens is 2. The van der Waals surface area contributed by atoms with Crippen LogP contribution in [-0.2, 0) is 17.8 Å². The maximum atomic E-state index is 13.8. The lowest BCUT2D eigenvalue weighted by molar-refractivity contribution is 0.183. The highest BCUT2D eigenvalue weighted by Crippen LogP contribution is 2.22. The zero-order valence-corrected chi connectivity index (χ0v) is 10.9. The van der Waals surface area contributed by atoms with Gasteiger partial charge >= 0.3 is 0 Å². The minimum Gasteiger partial charge on any atom is -0.380 e. The molecule has 0 aliphatic carbocycles. The quantitative estimate of drug-likeness (QED) is 0.857. The van der Waals surface area contributed by atoms with Gasteiger partial charge in [0.1, 0.15) is 21.6 Å².